The smallest absolute Gasteiger partial charge is 0.266 e. The molecule has 2 atom stereocenters. The van der Waals surface area contributed by atoms with Crippen LogP contribution < -0.4 is 10.6 Å². The van der Waals surface area contributed by atoms with Crippen molar-refractivity contribution < 1.29 is 9.26 Å². The Hall–Kier alpha value is -1.14. The van der Waals surface area contributed by atoms with E-state index in [0.717, 1.165) is 51.5 Å². The van der Waals surface area contributed by atoms with Crippen LogP contribution in [0.2, 0.25) is 0 Å². The SMILES string of the molecule is NC1CCC(c2nc(N3CCOCC3)no2)C1. The molecular formula is C11H18N4O2. The molecule has 17 heavy (non-hydrogen) atoms. The summed E-state index contributed by atoms with van der Waals surface area (Å²) < 4.78 is 10.6. The Morgan fingerprint density at radius 1 is 1.24 bits per heavy atom. The third kappa shape index (κ3) is 2.28. The lowest BCUT2D eigenvalue weighted by Crippen LogP contribution is -2.36. The molecule has 2 N–H and O–H groups in total. The van der Waals surface area contributed by atoms with Crippen molar-refractivity contribution >= 4 is 5.95 Å². The van der Waals surface area contributed by atoms with E-state index in [1.807, 2.05) is 0 Å². The van der Waals surface area contributed by atoms with Crippen LogP contribution in [0.25, 0.3) is 0 Å². The Kier molecular flexibility index (Phi) is 2.98. The lowest BCUT2D eigenvalue weighted by molar-refractivity contribution is 0.121. The van der Waals surface area contributed by atoms with Gasteiger partial charge >= 0.3 is 0 Å². The van der Waals surface area contributed by atoms with Crippen LogP contribution in [0.4, 0.5) is 5.95 Å². The molecule has 0 bridgehead atoms. The Morgan fingerprint density at radius 3 is 2.76 bits per heavy atom. The topological polar surface area (TPSA) is 77.4 Å². The van der Waals surface area contributed by atoms with Gasteiger partial charge in [-0.1, -0.05) is 0 Å². The van der Waals surface area contributed by atoms with Gasteiger partial charge in [0.2, 0.25) is 5.89 Å². The first kappa shape index (κ1) is 11.0. The summed E-state index contributed by atoms with van der Waals surface area (Å²) in [4.78, 5) is 6.59. The van der Waals surface area contributed by atoms with E-state index in [9.17, 15) is 0 Å². The van der Waals surface area contributed by atoms with Crippen molar-refractivity contribution in [2.75, 3.05) is 31.2 Å². The van der Waals surface area contributed by atoms with Gasteiger partial charge in [0.1, 0.15) is 0 Å². The molecule has 94 valence electrons. The third-order valence-electron chi connectivity index (χ3n) is 3.55. The van der Waals surface area contributed by atoms with Crippen molar-refractivity contribution in [1.29, 1.82) is 0 Å². The van der Waals surface area contributed by atoms with Gasteiger partial charge in [0.15, 0.2) is 0 Å². The Labute approximate surface area is 100 Å². The van der Waals surface area contributed by atoms with Crippen LogP contribution in [-0.4, -0.2) is 42.5 Å². The maximum Gasteiger partial charge on any atom is 0.266 e. The minimum atomic E-state index is 0.290. The molecule has 6 nitrogen and oxygen atoms in total. The molecule has 1 aromatic heterocycles. The van der Waals surface area contributed by atoms with E-state index in [0.29, 0.717) is 17.9 Å². The minimum absolute atomic E-state index is 0.290. The maximum absolute atomic E-state index is 5.90. The third-order valence-corrected chi connectivity index (χ3v) is 3.55. The van der Waals surface area contributed by atoms with Crippen molar-refractivity contribution in [3.05, 3.63) is 5.89 Å². The quantitative estimate of drug-likeness (QED) is 0.808. The van der Waals surface area contributed by atoms with E-state index in [2.05, 4.69) is 15.0 Å². The predicted molar refractivity (Wildman–Crippen MR) is 61.9 cm³/mol. The average Bonchev–Trinajstić information content (AvgIpc) is 2.98. The highest BCUT2D eigenvalue weighted by Crippen LogP contribution is 2.33. The van der Waals surface area contributed by atoms with Gasteiger partial charge in [-0.15, -0.1) is 0 Å². The number of nitrogens with zero attached hydrogens (tertiary/aromatic N) is 3. The van der Waals surface area contributed by atoms with Crippen molar-refractivity contribution in [2.24, 2.45) is 5.73 Å². The second kappa shape index (κ2) is 4.62. The highest BCUT2D eigenvalue weighted by molar-refractivity contribution is 5.28. The molecule has 1 saturated carbocycles. The van der Waals surface area contributed by atoms with Crippen LogP contribution in [0.5, 0.6) is 0 Å². The number of morpholine rings is 1. The van der Waals surface area contributed by atoms with Gasteiger partial charge in [-0.3, -0.25) is 0 Å². The summed E-state index contributed by atoms with van der Waals surface area (Å²) in [5.74, 6) is 1.80. The maximum atomic E-state index is 5.90. The molecule has 0 amide bonds. The number of hydrogen-bond donors (Lipinski definition) is 1. The first-order valence-corrected chi connectivity index (χ1v) is 6.25. The lowest BCUT2D eigenvalue weighted by Gasteiger charge is -2.24. The Bertz CT molecular complexity index is 356. The second-order valence-electron chi connectivity index (χ2n) is 4.80. The van der Waals surface area contributed by atoms with E-state index in [1.165, 1.54) is 0 Å². The van der Waals surface area contributed by atoms with Crippen LogP contribution in [0.15, 0.2) is 4.52 Å². The van der Waals surface area contributed by atoms with Crippen LogP contribution in [-0.2, 0) is 4.74 Å². The molecule has 0 spiro atoms. The van der Waals surface area contributed by atoms with E-state index in [4.69, 9.17) is 15.0 Å². The van der Waals surface area contributed by atoms with Crippen LogP contribution in [0.3, 0.4) is 0 Å². The highest BCUT2D eigenvalue weighted by Gasteiger charge is 2.28. The largest absolute Gasteiger partial charge is 0.378 e. The van der Waals surface area contributed by atoms with Crippen molar-refractivity contribution in [1.82, 2.24) is 10.1 Å². The monoisotopic (exact) mass is 238 g/mol. The summed E-state index contributed by atoms with van der Waals surface area (Å²) in [6.07, 6.45) is 3.08. The van der Waals surface area contributed by atoms with Crippen molar-refractivity contribution in [3.63, 3.8) is 0 Å². The number of nitrogens with two attached hydrogens (primary N) is 1. The van der Waals surface area contributed by atoms with Gasteiger partial charge in [-0.25, -0.2) is 0 Å². The zero-order chi connectivity index (χ0) is 11.7. The Morgan fingerprint density at radius 2 is 2.06 bits per heavy atom. The molecule has 1 aromatic rings. The molecule has 2 aliphatic rings. The van der Waals surface area contributed by atoms with Gasteiger partial charge < -0.3 is 19.9 Å². The molecule has 2 heterocycles. The molecular weight excluding hydrogens is 220 g/mol. The van der Waals surface area contributed by atoms with Gasteiger partial charge in [-0.2, -0.15) is 4.98 Å². The summed E-state index contributed by atoms with van der Waals surface area (Å²) >= 11 is 0. The van der Waals surface area contributed by atoms with Crippen molar-refractivity contribution in [3.8, 4) is 0 Å². The molecule has 2 fully saturated rings. The van der Waals surface area contributed by atoms with E-state index < -0.39 is 0 Å². The fourth-order valence-corrected chi connectivity index (χ4v) is 2.53. The first-order valence-electron chi connectivity index (χ1n) is 6.25. The van der Waals surface area contributed by atoms with Crippen LogP contribution >= 0.6 is 0 Å². The summed E-state index contributed by atoms with van der Waals surface area (Å²) in [6.45, 7) is 3.14. The predicted octanol–water partition coefficient (Wildman–Crippen LogP) is 0.501. The molecule has 1 saturated heterocycles. The van der Waals surface area contributed by atoms with E-state index >= 15 is 0 Å². The second-order valence-corrected chi connectivity index (χ2v) is 4.80. The van der Waals surface area contributed by atoms with Gasteiger partial charge in [0.05, 0.1) is 13.2 Å². The van der Waals surface area contributed by atoms with Gasteiger partial charge in [0.25, 0.3) is 5.95 Å². The number of aromatic nitrogens is 2. The van der Waals surface area contributed by atoms with Crippen molar-refractivity contribution in [2.45, 2.75) is 31.2 Å². The first-order chi connectivity index (χ1) is 8.33. The molecule has 2 unspecified atom stereocenters. The molecule has 0 aromatic carbocycles. The number of ether oxygens (including phenoxy) is 1. The summed E-state index contributed by atoms with van der Waals surface area (Å²) in [5.41, 5.74) is 5.90. The summed E-state index contributed by atoms with van der Waals surface area (Å²) in [6, 6.07) is 0.290. The molecule has 1 aliphatic heterocycles. The lowest BCUT2D eigenvalue weighted by atomic mass is 10.1. The van der Waals surface area contributed by atoms with Crippen LogP contribution in [0, 0.1) is 0 Å². The fourth-order valence-electron chi connectivity index (χ4n) is 2.53. The minimum Gasteiger partial charge on any atom is -0.378 e. The number of anilines is 1. The molecule has 6 heteroatoms. The number of hydrogen-bond acceptors (Lipinski definition) is 6. The van der Waals surface area contributed by atoms with Gasteiger partial charge in [0, 0.05) is 25.0 Å². The standard InChI is InChI=1S/C11H18N4O2/c12-9-2-1-8(7-9)10-13-11(14-17-10)15-3-5-16-6-4-15/h8-9H,1-7,12H2. The average molecular weight is 238 g/mol. The fraction of sp³-hybridized carbons (Fsp3) is 0.818. The zero-order valence-electron chi connectivity index (χ0n) is 9.84. The number of rotatable bonds is 2. The highest BCUT2D eigenvalue weighted by atomic mass is 16.5. The molecule has 3 rings (SSSR count). The summed E-state index contributed by atoms with van der Waals surface area (Å²) in [5, 5.41) is 4.05. The van der Waals surface area contributed by atoms with E-state index in [-0.39, 0.29) is 0 Å². The van der Waals surface area contributed by atoms with E-state index in [1.54, 1.807) is 0 Å². The zero-order valence-corrected chi connectivity index (χ0v) is 9.84. The van der Waals surface area contributed by atoms with Crippen LogP contribution in [0.1, 0.15) is 31.1 Å². The Balaban J connectivity index is 1.69. The normalized spacial score (nSPS) is 29.8. The molecule has 0 radical (unpaired) electrons. The molecule has 1 aliphatic carbocycles. The van der Waals surface area contributed by atoms with Gasteiger partial charge in [-0.05, 0) is 24.4 Å². The summed E-state index contributed by atoms with van der Waals surface area (Å²) in [7, 11) is 0.